The lowest BCUT2D eigenvalue weighted by Crippen LogP contribution is -2.33. The minimum absolute atomic E-state index is 0.139. The van der Waals surface area contributed by atoms with Gasteiger partial charge in [0.15, 0.2) is 0 Å². The Morgan fingerprint density at radius 3 is 2.33 bits per heavy atom. The van der Waals surface area contributed by atoms with E-state index in [4.69, 9.17) is 11.6 Å². The van der Waals surface area contributed by atoms with Crippen LogP contribution in [-0.2, 0) is 4.79 Å². The normalized spacial score (nSPS) is 22.5. The van der Waals surface area contributed by atoms with Crippen molar-refractivity contribution < 1.29 is 4.79 Å². The van der Waals surface area contributed by atoms with Crippen molar-refractivity contribution in [1.29, 1.82) is 0 Å². The Hall–Kier alpha value is -1.06. The molecule has 0 saturated carbocycles. The van der Waals surface area contributed by atoms with Gasteiger partial charge in [0.2, 0.25) is 5.91 Å². The monoisotopic (exact) mass is 224 g/mol. The molecule has 0 spiro atoms. The van der Waals surface area contributed by atoms with Crippen molar-refractivity contribution >= 4 is 17.5 Å². The van der Waals surface area contributed by atoms with Crippen LogP contribution in [0.3, 0.4) is 0 Å². The molecule has 1 atom stereocenters. The van der Waals surface area contributed by atoms with Gasteiger partial charge in [0.1, 0.15) is 0 Å². The Bertz CT molecular complexity index is 377. The molecule has 1 aliphatic heterocycles. The average Bonchev–Trinajstić information content (AvgIpc) is 2.47. The maximum absolute atomic E-state index is 11.5. The van der Waals surface area contributed by atoms with E-state index in [0.29, 0.717) is 6.42 Å². The van der Waals surface area contributed by atoms with Crippen LogP contribution in [0.4, 0.5) is 0 Å². The van der Waals surface area contributed by atoms with Gasteiger partial charge in [-0.05, 0) is 17.7 Å². The molecule has 2 rings (SSSR count). The fourth-order valence-electron chi connectivity index (χ4n) is 1.83. The predicted octanol–water partition coefficient (Wildman–Crippen LogP) is 2.09. The number of benzene rings is 1. The summed E-state index contributed by atoms with van der Waals surface area (Å²) in [5.74, 6) is 0.150. The summed E-state index contributed by atoms with van der Waals surface area (Å²) in [6, 6.07) is 7.78. The highest BCUT2D eigenvalue weighted by molar-refractivity contribution is 6.30. The summed E-state index contributed by atoms with van der Waals surface area (Å²) >= 11 is 5.82. The Balaban J connectivity index is 2.25. The van der Waals surface area contributed by atoms with Gasteiger partial charge in [-0.3, -0.25) is 9.80 Å². The van der Waals surface area contributed by atoms with Gasteiger partial charge in [-0.1, -0.05) is 23.7 Å². The molecular weight excluding hydrogens is 212 g/mol. The van der Waals surface area contributed by atoms with Gasteiger partial charge < -0.3 is 0 Å². The largest absolute Gasteiger partial charge is 0.278 e. The zero-order valence-corrected chi connectivity index (χ0v) is 9.53. The first-order chi connectivity index (χ1) is 7.09. The highest BCUT2D eigenvalue weighted by Gasteiger charge is 2.33. The number of halogens is 1. The van der Waals surface area contributed by atoms with E-state index >= 15 is 0 Å². The lowest BCUT2D eigenvalue weighted by molar-refractivity contribution is -0.134. The fraction of sp³-hybridized carbons (Fsp3) is 0.364. The van der Waals surface area contributed by atoms with Crippen LogP contribution in [0.1, 0.15) is 18.0 Å². The van der Waals surface area contributed by atoms with Gasteiger partial charge in [0.25, 0.3) is 0 Å². The van der Waals surface area contributed by atoms with E-state index in [1.54, 1.807) is 12.1 Å². The number of hydrogen-bond donors (Lipinski definition) is 0. The van der Waals surface area contributed by atoms with E-state index in [1.165, 1.54) is 0 Å². The van der Waals surface area contributed by atoms with Crippen molar-refractivity contribution in [3.63, 3.8) is 0 Å². The van der Waals surface area contributed by atoms with E-state index in [2.05, 4.69) is 0 Å². The summed E-state index contributed by atoms with van der Waals surface area (Å²) in [6.45, 7) is 0. The summed E-state index contributed by atoms with van der Waals surface area (Å²) in [4.78, 5) is 11.5. The van der Waals surface area contributed by atoms with Crippen molar-refractivity contribution in [1.82, 2.24) is 10.0 Å². The summed E-state index contributed by atoms with van der Waals surface area (Å²) < 4.78 is 0. The van der Waals surface area contributed by atoms with Crippen LogP contribution in [0.5, 0.6) is 0 Å². The second-order valence-corrected chi connectivity index (χ2v) is 4.20. The van der Waals surface area contributed by atoms with Gasteiger partial charge >= 0.3 is 0 Å². The number of hydrazine groups is 1. The summed E-state index contributed by atoms with van der Waals surface area (Å²) in [5.41, 5.74) is 1.12. The van der Waals surface area contributed by atoms with E-state index in [9.17, 15) is 4.79 Å². The molecule has 1 aromatic rings. The van der Waals surface area contributed by atoms with Crippen LogP contribution in [0.25, 0.3) is 0 Å². The number of carbonyl (C=O) groups excluding carboxylic acids is 1. The maximum Gasteiger partial charge on any atom is 0.238 e. The van der Waals surface area contributed by atoms with Crippen molar-refractivity contribution in [3.8, 4) is 0 Å². The summed E-state index contributed by atoms with van der Waals surface area (Å²) in [7, 11) is 3.71. The molecule has 1 aliphatic rings. The van der Waals surface area contributed by atoms with E-state index < -0.39 is 0 Å². The molecule has 1 unspecified atom stereocenters. The molecule has 0 N–H and O–H groups in total. The number of rotatable bonds is 1. The second kappa shape index (κ2) is 3.83. The fourth-order valence-corrected chi connectivity index (χ4v) is 1.96. The SMILES string of the molecule is CN1C(=O)CC(c2ccc(Cl)cc2)N1C. The van der Waals surface area contributed by atoms with E-state index in [1.807, 2.05) is 36.3 Å². The van der Waals surface area contributed by atoms with Gasteiger partial charge in [-0.15, -0.1) is 0 Å². The molecule has 0 radical (unpaired) electrons. The van der Waals surface area contributed by atoms with E-state index in [-0.39, 0.29) is 11.9 Å². The molecule has 0 aromatic heterocycles. The third kappa shape index (κ3) is 1.85. The van der Waals surface area contributed by atoms with Crippen LogP contribution in [0.15, 0.2) is 24.3 Å². The predicted molar refractivity (Wildman–Crippen MR) is 59.3 cm³/mol. The molecule has 1 saturated heterocycles. The molecular formula is C11H13ClN2O. The number of amides is 1. The zero-order valence-electron chi connectivity index (χ0n) is 8.77. The third-order valence-electron chi connectivity index (χ3n) is 2.91. The van der Waals surface area contributed by atoms with Crippen LogP contribution >= 0.6 is 11.6 Å². The Morgan fingerprint density at radius 1 is 1.27 bits per heavy atom. The quantitative estimate of drug-likeness (QED) is 0.729. The van der Waals surface area contributed by atoms with Crippen molar-refractivity contribution in [2.24, 2.45) is 0 Å². The van der Waals surface area contributed by atoms with Crippen LogP contribution in [0, 0.1) is 0 Å². The van der Waals surface area contributed by atoms with Crippen LogP contribution in [-0.4, -0.2) is 30.0 Å². The first kappa shape index (κ1) is 10.5. The lowest BCUT2D eigenvalue weighted by Gasteiger charge is -2.24. The first-order valence-electron chi connectivity index (χ1n) is 4.84. The van der Waals surface area contributed by atoms with Crippen LogP contribution in [0.2, 0.25) is 5.02 Å². The molecule has 1 amide bonds. The van der Waals surface area contributed by atoms with Gasteiger partial charge in [0.05, 0.1) is 6.04 Å². The Labute approximate surface area is 94.2 Å². The average molecular weight is 225 g/mol. The van der Waals surface area contributed by atoms with Gasteiger partial charge in [-0.25, -0.2) is 5.01 Å². The number of carbonyl (C=O) groups is 1. The lowest BCUT2D eigenvalue weighted by atomic mass is 10.1. The standard InChI is InChI=1S/C11H13ClN2O/c1-13-10(7-11(15)14(13)2)8-3-5-9(12)6-4-8/h3-6,10H,7H2,1-2H3. The summed E-state index contributed by atoms with van der Waals surface area (Å²) in [5, 5.41) is 4.32. The zero-order chi connectivity index (χ0) is 11.0. The van der Waals surface area contributed by atoms with Crippen molar-refractivity contribution in [3.05, 3.63) is 34.9 Å². The molecule has 3 nitrogen and oxygen atoms in total. The second-order valence-electron chi connectivity index (χ2n) is 3.76. The maximum atomic E-state index is 11.5. The molecule has 0 aliphatic carbocycles. The van der Waals surface area contributed by atoms with E-state index in [0.717, 1.165) is 10.6 Å². The van der Waals surface area contributed by atoms with Crippen molar-refractivity contribution in [2.75, 3.05) is 14.1 Å². The topological polar surface area (TPSA) is 23.6 Å². The smallest absolute Gasteiger partial charge is 0.238 e. The highest BCUT2D eigenvalue weighted by atomic mass is 35.5. The summed E-state index contributed by atoms with van der Waals surface area (Å²) in [6.07, 6.45) is 0.536. The molecule has 1 fully saturated rings. The minimum atomic E-state index is 0.139. The third-order valence-corrected chi connectivity index (χ3v) is 3.16. The Kier molecular flexibility index (Phi) is 2.67. The number of nitrogens with zero attached hydrogens (tertiary/aromatic N) is 2. The number of hydrogen-bond acceptors (Lipinski definition) is 2. The van der Waals surface area contributed by atoms with Crippen molar-refractivity contribution in [2.45, 2.75) is 12.5 Å². The highest BCUT2D eigenvalue weighted by Crippen LogP contribution is 2.30. The van der Waals surface area contributed by atoms with Crippen LogP contribution < -0.4 is 0 Å². The first-order valence-corrected chi connectivity index (χ1v) is 5.22. The molecule has 80 valence electrons. The molecule has 0 bridgehead atoms. The minimum Gasteiger partial charge on any atom is -0.278 e. The molecule has 4 heteroatoms. The van der Waals surface area contributed by atoms with Gasteiger partial charge in [-0.2, -0.15) is 0 Å². The molecule has 1 aromatic carbocycles. The molecule has 15 heavy (non-hydrogen) atoms. The molecule has 1 heterocycles. The Morgan fingerprint density at radius 2 is 1.87 bits per heavy atom. The van der Waals surface area contributed by atoms with Gasteiger partial charge in [0, 0.05) is 25.5 Å².